The molecule has 4 heteroatoms. The lowest BCUT2D eigenvalue weighted by Crippen LogP contribution is -1.99. The summed E-state index contributed by atoms with van der Waals surface area (Å²) in [6, 6.07) is 9.71. The number of hydrogen-bond acceptors (Lipinski definition) is 2. The molecule has 0 spiro atoms. The van der Waals surface area contributed by atoms with Crippen molar-refractivity contribution >= 4 is 21.6 Å². The highest BCUT2D eigenvalue weighted by atomic mass is 79.9. The number of aryl methyl sites for hydroxylation is 1. The Morgan fingerprint density at radius 2 is 2.24 bits per heavy atom. The van der Waals surface area contributed by atoms with E-state index in [0.29, 0.717) is 5.56 Å². The summed E-state index contributed by atoms with van der Waals surface area (Å²) in [7, 11) is 2.00. The van der Waals surface area contributed by atoms with Crippen LogP contribution < -0.4 is 5.32 Å². The van der Waals surface area contributed by atoms with Crippen molar-refractivity contribution in [3.63, 3.8) is 0 Å². The smallest absolute Gasteiger partial charge is 0.0992 e. The zero-order valence-electron chi connectivity index (χ0n) is 9.44. The molecule has 1 N–H and O–H groups in total. The summed E-state index contributed by atoms with van der Waals surface area (Å²) >= 11 is 3.45. The summed E-state index contributed by atoms with van der Waals surface area (Å²) in [6.07, 6.45) is 4.09. The van der Waals surface area contributed by atoms with E-state index in [2.05, 4.69) is 39.6 Å². The highest BCUT2D eigenvalue weighted by molar-refractivity contribution is 9.10. The van der Waals surface area contributed by atoms with Gasteiger partial charge in [-0.2, -0.15) is 5.26 Å². The Balaban J connectivity index is 2.07. The molecule has 0 aliphatic heterocycles. The van der Waals surface area contributed by atoms with Gasteiger partial charge in [0.15, 0.2) is 0 Å². The van der Waals surface area contributed by atoms with Crippen LogP contribution in [0.5, 0.6) is 0 Å². The molecule has 0 fully saturated rings. The maximum absolute atomic E-state index is 8.77. The van der Waals surface area contributed by atoms with Gasteiger partial charge in [0.2, 0.25) is 0 Å². The minimum Gasteiger partial charge on any atom is -0.380 e. The van der Waals surface area contributed by atoms with E-state index < -0.39 is 0 Å². The van der Waals surface area contributed by atoms with E-state index >= 15 is 0 Å². The molecule has 0 amide bonds. The fourth-order valence-electron chi connectivity index (χ4n) is 1.59. The summed E-state index contributed by atoms with van der Waals surface area (Å²) in [5.74, 6) is 0. The van der Waals surface area contributed by atoms with E-state index in [1.54, 1.807) is 6.07 Å². The van der Waals surface area contributed by atoms with Crippen molar-refractivity contribution in [3.05, 3.63) is 52.3 Å². The van der Waals surface area contributed by atoms with Gasteiger partial charge >= 0.3 is 0 Å². The molecule has 17 heavy (non-hydrogen) atoms. The van der Waals surface area contributed by atoms with Crippen LogP contribution in [0.25, 0.3) is 0 Å². The van der Waals surface area contributed by atoms with Crippen LogP contribution in [0.2, 0.25) is 0 Å². The molecule has 0 aliphatic rings. The first kappa shape index (κ1) is 11.7. The molecule has 2 aromatic rings. The lowest BCUT2D eigenvalue weighted by molar-refractivity contribution is 0.920. The molecule has 0 radical (unpaired) electrons. The maximum atomic E-state index is 8.77. The quantitative estimate of drug-likeness (QED) is 0.942. The summed E-state index contributed by atoms with van der Waals surface area (Å²) in [6.45, 7) is 0.769. The van der Waals surface area contributed by atoms with Crippen molar-refractivity contribution in [3.8, 4) is 6.07 Å². The van der Waals surface area contributed by atoms with Crippen molar-refractivity contribution in [1.82, 2.24) is 4.57 Å². The van der Waals surface area contributed by atoms with E-state index in [1.165, 1.54) is 5.56 Å². The molecule has 86 valence electrons. The van der Waals surface area contributed by atoms with Gasteiger partial charge in [0.25, 0.3) is 0 Å². The van der Waals surface area contributed by atoms with E-state index in [0.717, 1.165) is 16.7 Å². The lowest BCUT2D eigenvalue weighted by Gasteiger charge is -2.07. The largest absolute Gasteiger partial charge is 0.380 e. The molecule has 1 aromatic heterocycles. The third-order valence-corrected chi connectivity index (χ3v) is 3.13. The summed E-state index contributed by atoms with van der Waals surface area (Å²) in [5.41, 5.74) is 2.87. The summed E-state index contributed by atoms with van der Waals surface area (Å²) in [5, 5.41) is 12.1. The molecule has 0 aliphatic carbocycles. The van der Waals surface area contributed by atoms with Gasteiger partial charge in [-0.15, -0.1) is 0 Å². The number of anilines is 1. The fourth-order valence-corrected chi connectivity index (χ4v) is 2.11. The summed E-state index contributed by atoms with van der Waals surface area (Å²) in [4.78, 5) is 0. The van der Waals surface area contributed by atoms with Crippen LogP contribution in [0.3, 0.4) is 0 Å². The Labute approximate surface area is 109 Å². The number of nitrogens with one attached hydrogen (secondary N) is 1. The molecular formula is C13H12BrN3. The van der Waals surface area contributed by atoms with E-state index in [9.17, 15) is 0 Å². The molecule has 0 saturated carbocycles. The van der Waals surface area contributed by atoms with Crippen molar-refractivity contribution in [2.24, 2.45) is 7.05 Å². The van der Waals surface area contributed by atoms with Crippen molar-refractivity contribution in [2.75, 3.05) is 5.32 Å². The van der Waals surface area contributed by atoms with Gasteiger partial charge in [0, 0.05) is 36.1 Å². The van der Waals surface area contributed by atoms with Gasteiger partial charge in [0.1, 0.15) is 0 Å². The van der Waals surface area contributed by atoms with E-state index in [4.69, 9.17) is 5.26 Å². The molecule has 1 aromatic carbocycles. The monoisotopic (exact) mass is 289 g/mol. The average molecular weight is 290 g/mol. The van der Waals surface area contributed by atoms with Crippen molar-refractivity contribution in [1.29, 1.82) is 5.26 Å². The number of halogens is 1. The number of hydrogen-bond donors (Lipinski definition) is 1. The molecular weight excluding hydrogens is 278 g/mol. The Bertz CT molecular complexity index is 566. The minimum atomic E-state index is 0.655. The Morgan fingerprint density at radius 3 is 2.82 bits per heavy atom. The second kappa shape index (κ2) is 5.07. The molecule has 3 nitrogen and oxygen atoms in total. The molecule has 0 unspecified atom stereocenters. The van der Waals surface area contributed by atoms with Crippen molar-refractivity contribution in [2.45, 2.75) is 6.54 Å². The van der Waals surface area contributed by atoms with Crippen LogP contribution in [-0.4, -0.2) is 4.57 Å². The highest BCUT2D eigenvalue weighted by Crippen LogP contribution is 2.23. The number of rotatable bonds is 3. The third-order valence-electron chi connectivity index (χ3n) is 2.47. The fraction of sp³-hybridized carbons (Fsp3) is 0.154. The second-order valence-corrected chi connectivity index (χ2v) is 4.70. The molecule has 0 saturated heterocycles. The maximum Gasteiger partial charge on any atom is 0.0992 e. The van der Waals surface area contributed by atoms with E-state index in [1.807, 2.05) is 29.9 Å². The minimum absolute atomic E-state index is 0.655. The lowest BCUT2D eigenvalue weighted by atomic mass is 10.2. The van der Waals surface area contributed by atoms with Gasteiger partial charge in [-0.05, 0) is 45.8 Å². The van der Waals surface area contributed by atoms with Gasteiger partial charge in [-0.3, -0.25) is 0 Å². The van der Waals surface area contributed by atoms with Gasteiger partial charge in [-0.1, -0.05) is 0 Å². The zero-order valence-corrected chi connectivity index (χ0v) is 11.0. The van der Waals surface area contributed by atoms with Gasteiger partial charge in [0.05, 0.1) is 11.6 Å². The predicted molar refractivity (Wildman–Crippen MR) is 71.6 cm³/mol. The van der Waals surface area contributed by atoms with Crippen LogP contribution in [0.1, 0.15) is 11.1 Å². The molecule has 2 rings (SSSR count). The third kappa shape index (κ3) is 2.89. The van der Waals surface area contributed by atoms with Gasteiger partial charge < -0.3 is 9.88 Å². The molecule has 0 bridgehead atoms. The number of benzene rings is 1. The SMILES string of the molecule is Cn1ccc(CNc2ccc(C#N)cc2Br)c1. The normalized spacial score (nSPS) is 9.94. The van der Waals surface area contributed by atoms with Gasteiger partial charge in [-0.25, -0.2) is 0 Å². The zero-order chi connectivity index (χ0) is 12.3. The predicted octanol–water partition coefficient (Wildman–Crippen LogP) is 3.27. The molecule has 1 heterocycles. The topological polar surface area (TPSA) is 40.8 Å². The van der Waals surface area contributed by atoms with Crippen LogP contribution in [0.4, 0.5) is 5.69 Å². The first-order valence-electron chi connectivity index (χ1n) is 5.23. The Morgan fingerprint density at radius 1 is 1.41 bits per heavy atom. The summed E-state index contributed by atoms with van der Waals surface area (Å²) < 4.78 is 2.93. The van der Waals surface area contributed by atoms with Crippen LogP contribution in [-0.2, 0) is 13.6 Å². The highest BCUT2D eigenvalue weighted by Gasteiger charge is 2.01. The van der Waals surface area contributed by atoms with Crippen LogP contribution >= 0.6 is 15.9 Å². The average Bonchev–Trinajstić information content (AvgIpc) is 2.73. The number of nitriles is 1. The number of nitrogens with zero attached hydrogens (tertiary/aromatic N) is 2. The first-order chi connectivity index (χ1) is 8.19. The second-order valence-electron chi connectivity index (χ2n) is 3.85. The van der Waals surface area contributed by atoms with E-state index in [-0.39, 0.29) is 0 Å². The first-order valence-corrected chi connectivity index (χ1v) is 6.03. The number of aromatic nitrogens is 1. The molecule has 0 atom stereocenters. The van der Waals surface area contributed by atoms with Crippen LogP contribution in [0.15, 0.2) is 41.1 Å². The standard InChI is InChI=1S/C13H12BrN3/c1-17-5-4-11(9-17)8-16-13-3-2-10(7-15)6-12(13)14/h2-6,9,16H,8H2,1H3. The van der Waals surface area contributed by atoms with Crippen molar-refractivity contribution < 1.29 is 0 Å². The Hall–Kier alpha value is -1.73. The Kier molecular flexibility index (Phi) is 3.50. The van der Waals surface area contributed by atoms with Crippen LogP contribution in [0, 0.1) is 11.3 Å².